The summed E-state index contributed by atoms with van der Waals surface area (Å²) in [5, 5.41) is 0. The van der Waals surface area contributed by atoms with Gasteiger partial charge >= 0.3 is 0 Å². The van der Waals surface area contributed by atoms with E-state index in [1.807, 2.05) is 24.3 Å². The minimum atomic E-state index is 0.349. The number of hydrogen-bond acceptors (Lipinski definition) is 5. The maximum Gasteiger partial charge on any atom is 0.225 e. The third-order valence-electron chi connectivity index (χ3n) is 6.28. The smallest absolute Gasteiger partial charge is 0.225 e. The Labute approximate surface area is 168 Å². The van der Waals surface area contributed by atoms with Crippen molar-refractivity contribution in [2.45, 2.75) is 51.7 Å². The first-order valence-electron chi connectivity index (χ1n) is 10.8. The summed E-state index contributed by atoms with van der Waals surface area (Å²) in [6, 6.07) is 8.77. The van der Waals surface area contributed by atoms with E-state index < -0.39 is 0 Å². The molecule has 0 atom stereocenters. The molecule has 0 amide bonds. The van der Waals surface area contributed by atoms with Gasteiger partial charge in [0.1, 0.15) is 12.0 Å². The van der Waals surface area contributed by atoms with Crippen LogP contribution in [0.2, 0.25) is 0 Å². The highest BCUT2D eigenvalue weighted by Gasteiger charge is 2.26. The Bertz CT molecular complexity index is 698. The molecule has 1 saturated carbocycles. The van der Waals surface area contributed by atoms with Crippen molar-refractivity contribution in [3.8, 4) is 17.2 Å². The molecule has 1 aromatic carbocycles. The summed E-state index contributed by atoms with van der Waals surface area (Å²) in [4.78, 5) is 9.45. The van der Waals surface area contributed by atoms with Crippen molar-refractivity contribution in [3.05, 3.63) is 36.7 Å². The Morgan fingerprint density at radius 1 is 1.04 bits per heavy atom. The van der Waals surface area contributed by atoms with Gasteiger partial charge in [-0.1, -0.05) is 0 Å². The van der Waals surface area contributed by atoms with Gasteiger partial charge in [-0.15, -0.1) is 0 Å². The van der Waals surface area contributed by atoms with E-state index in [1.54, 1.807) is 12.5 Å². The topological polar surface area (TPSA) is 41.7 Å². The van der Waals surface area contributed by atoms with Crippen LogP contribution in [0.3, 0.4) is 0 Å². The monoisotopic (exact) mass is 383 g/mol. The summed E-state index contributed by atoms with van der Waals surface area (Å²) in [6.45, 7) is 10.8. The van der Waals surface area contributed by atoms with Crippen LogP contribution < -0.4 is 4.74 Å². The summed E-state index contributed by atoms with van der Waals surface area (Å²) in [7, 11) is 0. The Balaban J connectivity index is 1.19. The minimum Gasteiger partial charge on any atom is -0.490 e. The van der Waals surface area contributed by atoms with Crippen molar-refractivity contribution in [2.75, 3.05) is 32.7 Å². The number of hydrogen-bond donors (Lipinski definition) is 0. The Morgan fingerprint density at radius 2 is 1.75 bits per heavy atom. The average Bonchev–Trinajstić information content (AvgIpc) is 3.25. The van der Waals surface area contributed by atoms with E-state index in [2.05, 4.69) is 28.6 Å². The van der Waals surface area contributed by atoms with Crippen LogP contribution in [0.1, 0.15) is 39.5 Å². The molecule has 1 saturated heterocycles. The van der Waals surface area contributed by atoms with E-state index >= 15 is 0 Å². The van der Waals surface area contributed by atoms with Crippen molar-refractivity contribution in [1.82, 2.24) is 14.8 Å². The summed E-state index contributed by atoms with van der Waals surface area (Å²) < 4.78 is 11.6. The van der Waals surface area contributed by atoms with Gasteiger partial charge in [-0.2, -0.15) is 0 Å². The second kappa shape index (κ2) is 9.10. The van der Waals surface area contributed by atoms with E-state index in [1.165, 1.54) is 45.6 Å². The minimum absolute atomic E-state index is 0.349. The van der Waals surface area contributed by atoms with Crippen molar-refractivity contribution in [1.29, 1.82) is 0 Å². The highest BCUT2D eigenvalue weighted by Crippen LogP contribution is 2.29. The molecule has 1 aliphatic heterocycles. The SMILES string of the molecule is CC(C)N1CCN(C[C@H]2CC[C@H](Oc3ccc(-c4ncco4)cc3)CC2)CC1. The zero-order valence-electron chi connectivity index (χ0n) is 17.2. The molecule has 1 aromatic heterocycles. The number of ether oxygens (including phenoxy) is 1. The first-order chi connectivity index (χ1) is 13.7. The summed E-state index contributed by atoms with van der Waals surface area (Å²) >= 11 is 0. The Hall–Kier alpha value is -1.85. The Kier molecular flexibility index (Phi) is 6.33. The van der Waals surface area contributed by atoms with Crippen LogP contribution in [-0.4, -0.2) is 59.7 Å². The molecule has 0 radical (unpaired) electrons. The van der Waals surface area contributed by atoms with Gasteiger partial charge in [-0.05, 0) is 69.7 Å². The first-order valence-corrected chi connectivity index (χ1v) is 10.8. The lowest BCUT2D eigenvalue weighted by Crippen LogP contribution is -2.50. The standard InChI is InChI=1S/C23H33N3O2/c1-18(2)26-14-12-25(13-15-26)17-19-3-7-21(8-4-19)28-22-9-5-20(6-10-22)23-24-11-16-27-23/h5-6,9-11,16,18-19,21H,3-4,7-8,12-15,17H2,1-2H3/t19-,21-. The molecular weight excluding hydrogens is 350 g/mol. The maximum atomic E-state index is 6.24. The number of nitrogens with zero attached hydrogens (tertiary/aromatic N) is 3. The second-order valence-corrected chi connectivity index (χ2v) is 8.55. The molecule has 28 heavy (non-hydrogen) atoms. The van der Waals surface area contributed by atoms with Crippen LogP contribution in [0.15, 0.2) is 41.1 Å². The molecule has 0 spiro atoms. The third kappa shape index (κ3) is 4.95. The third-order valence-corrected chi connectivity index (χ3v) is 6.28. The molecule has 0 bridgehead atoms. The van der Waals surface area contributed by atoms with Crippen LogP contribution in [-0.2, 0) is 0 Å². The lowest BCUT2D eigenvalue weighted by molar-refractivity contribution is 0.0747. The van der Waals surface area contributed by atoms with Crippen LogP contribution in [0, 0.1) is 5.92 Å². The molecule has 0 unspecified atom stereocenters. The number of benzene rings is 1. The average molecular weight is 384 g/mol. The van der Waals surface area contributed by atoms with Gasteiger partial charge in [0.25, 0.3) is 0 Å². The molecule has 0 N–H and O–H groups in total. The van der Waals surface area contributed by atoms with Gasteiger partial charge < -0.3 is 14.1 Å². The van der Waals surface area contributed by atoms with Gasteiger partial charge in [0.15, 0.2) is 0 Å². The molecule has 5 heteroatoms. The lowest BCUT2D eigenvalue weighted by atomic mass is 9.87. The van der Waals surface area contributed by atoms with Crippen LogP contribution >= 0.6 is 0 Å². The summed E-state index contributed by atoms with van der Waals surface area (Å²) in [6.07, 6.45) is 8.51. The van der Waals surface area contributed by atoms with Gasteiger partial charge in [0.05, 0.1) is 12.3 Å². The number of aromatic nitrogens is 1. The maximum absolute atomic E-state index is 6.24. The lowest BCUT2D eigenvalue weighted by Gasteiger charge is -2.39. The number of piperazine rings is 1. The van der Waals surface area contributed by atoms with Crippen LogP contribution in [0.4, 0.5) is 0 Å². The molecule has 2 heterocycles. The van der Waals surface area contributed by atoms with E-state index in [0.29, 0.717) is 18.0 Å². The highest BCUT2D eigenvalue weighted by atomic mass is 16.5. The van der Waals surface area contributed by atoms with Crippen molar-refractivity contribution >= 4 is 0 Å². The highest BCUT2D eigenvalue weighted by molar-refractivity contribution is 5.54. The van der Waals surface area contributed by atoms with Gasteiger partial charge in [0.2, 0.25) is 5.89 Å². The zero-order valence-corrected chi connectivity index (χ0v) is 17.2. The van der Waals surface area contributed by atoms with Crippen molar-refractivity contribution in [3.63, 3.8) is 0 Å². The van der Waals surface area contributed by atoms with Gasteiger partial charge in [-0.3, -0.25) is 4.90 Å². The van der Waals surface area contributed by atoms with Gasteiger partial charge in [-0.25, -0.2) is 4.98 Å². The quantitative estimate of drug-likeness (QED) is 0.744. The van der Waals surface area contributed by atoms with E-state index in [0.717, 1.165) is 30.1 Å². The second-order valence-electron chi connectivity index (χ2n) is 8.55. The van der Waals surface area contributed by atoms with Crippen LogP contribution in [0.5, 0.6) is 5.75 Å². The zero-order chi connectivity index (χ0) is 19.3. The molecule has 2 fully saturated rings. The Morgan fingerprint density at radius 3 is 2.36 bits per heavy atom. The fourth-order valence-corrected chi connectivity index (χ4v) is 4.49. The molecule has 152 valence electrons. The molecule has 1 aliphatic carbocycles. The van der Waals surface area contributed by atoms with E-state index in [-0.39, 0.29) is 0 Å². The normalized spacial score (nSPS) is 24.5. The predicted molar refractivity (Wildman–Crippen MR) is 111 cm³/mol. The number of rotatable bonds is 6. The predicted octanol–water partition coefficient (Wildman–Crippen LogP) is 4.31. The summed E-state index contributed by atoms with van der Waals surface area (Å²) in [5.74, 6) is 2.43. The summed E-state index contributed by atoms with van der Waals surface area (Å²) in [5.41, 5.74) is 0.985. The molecular formula is C23H33N3O2. The van der Waals surface area contributed by atoms with Crippen LogP contribution in [0.25, 0.3) is 11.5 Å². The first kappa shape index (κ1) is 19.5. The fraction of sp³-hybridized carbons (Fsp3) is 0.609. The van der Waals surface area contributed by atoms with E-state index in [4.69, 9.17) is 9.15 Å². The van der Waals surface area contributed by atoms with Crippen molar-refractivity contribution in [2.24, 2.45) is 5.92 Å². The largest absolute Gasteiger partial charge is 0.490 e. The number of oxazole rings is 1. The molecule has 2 aliphatic rings. The van der Waals surface area contributed by atoms with E-state index in [9.17, 15) is 0 Å². The van der Waals surface area contributed by atoms with Crippen molar-refractivity contribution < 1.29 is 9.15 Å². The molecule has 2 aromatic rings. The van der Waals surface area contributed by atoms with Gasteiger partial charge in [0, 0.05) is 44.3 Å². The fourth-order valence-electron chi connectivity index (χ4n) is 4.49. The molecule has 4 rings (SSSR count). The molecule has 5 nitrogen and oxygen atoms in total.